The zero-order valence-electron chi connectivity index (χ0n) is 6.58. The summed E-state index contributed by atoms with van der Waals surface area (Å²) in [5.41, 5.74) is 1.88. The number of hydrogen-bond donors (Lipinski definition) is 1. The van der Waals surface area contributed by atoms with Crippen LogP contribution < -0.4 is 5.32 Å². The fourth-order valence-corrected chi connectivity index (χ4v) is 1.71. The molecule has 2 unspecified atom stereocenters. The molecule has 0 spiro atoms. The minimum Gasteiger partial charge on any atom is -0.309 e. The van der Waals surface area contributed by atoms with Crippen LogP contribution >= 0.6 is 11.3 Å². The fourth-order valence-electron chi connectivity index (χ4n) is 1.17. The molecule has 2 atom stereocenters. The van der Waals surface area contributed by atoms with Crippen molar-refractivity contribution >= 4 is 11.3 Å². The maximum Gasteiger partial charge on any atom is 0.0794 e. The Labute approximate surface area is 70.7 Å². The number of nitrogens with one attached hydrogen (secondary N) is 1. The molecule has 1 aromatic rings. The molecule has 1 aliphatic rings. The van der Waals surface area contributed by atoms with Gasteiger partial charge in [-0.3, -0.25) is 4.98 Å². The van der Waals surface area contributed by atoms with Crippen molar-refractivity contribution in [2.24, 2.45) is 5.92 Å². The van der Waals surface area contributed by atoms with Gasteiger partial charge in [0.1, 0.15) is 0 Å². The minimum absolute atomic E-state index is 0.775. The van der Waals surface area contributed by atoms with Crippen LogP contribution in [0, 0.1) is 5.92 Å². The summed E-state index contributed by atoms with van der Waals surface area (Å²) < 4.78 is 0. The van der Waals surface area contributed by atoms with Gasteiger partial charge in [0.15, 0.2) is 0 Å². The van der Waals surface area contributed by atoms with E-state index in [0.717, 1.165) is 18.5 Å². The van der Waals surface area contributed by atoms with Crippen molar-refractivity contribution < 1.29 is 0 Å². The van der Waals surface area contributed by atoms with E-state index < -0.39 is 0 Å². The normalized spacial score (nSPS) is 28.8. The number of aromatic nitrogens is 1. The predicted octanol–water partition coefficient (Wildman–Crippen LogP) is 1.64. The van der Waals surface area contributed by atoms with Crippen molar-refractivity contribution in [3.05, 3.63) is 16.6 Å². The third kappa shape index (κ3) is 1.79. The zero-order valence-corrected chi connectivity index (χ0v) is 7.40. The number of thiazole rings is 1. The molecule has 60 valence electrons. The van der Waals surface area contributed by atoms with Gasteiger partial charge in [-0.25, -0.2) is 0 Å². The summed E-state index contributed by atoms with van der Waals surface area (Å²) in [7, 11) is 0. The van der Waals surface area contributed by atoms with Crippen LogP contribution in [0.3, 0.4) is 0 Å². The Bertz CT molecular complexity index is 220. The van der Waals surface area contributed by atoms with Gasteiger partial charge in [0.05, 0.1) is 5.51 Å². The largest absolute Gasteiger partial charge is 0.309 e. The second kappa shape index (κ2) is 2.91. The van der Waals surface area contributed by atoms with Crippen molar-refractivity contribution in [1.82, 2.24) is 10.3 Å². The van der Waals surface area contributed by atoms with E-state index in [2.05, 4.69) is 17.2 Å². The van der Waals surface area contributed by atoms with Crippen LogP contribution in [-0.2, 0) is 6.54 Å². The first-order valence-corrected chi connectivity index (χ1v) is 4.85. The van der Waals surface area contributed by atoms with Crippen LogP contribution in [-0.4, -0.2) is 11.0 Å². The van der Waals surface area contributed by atoms with Crippen molar-refractivity contribution in [1.29, 1.82) is 0 Å². The predicted molar refractivity (Wildman–Crippen MR) is 46.5 cm³/mol. The second-order valence-corrected chi connectivity index (χ2v) is 4.14. The van der Waals surface area contributed by atoms with E-state index in [1.807, 2.05) is 11.7 Å². The van der Waals surface area contributed by atoms with Crippen LogP contribution in [0.1, 0.15) is 18.2 Å². The summed E-state index contributed by atoms with van der Waals surface area (Å²) in [6.45, 7) is 3.28. The van der Waals surface area contributed by atoms with Crippen molar-refractivity contribution in [3.8, 4) is 0 Å². The Morgan fingerprint density at radius 2 is 2.64 bits per heavy atom. The molecular formula is C8H12N2S. The van der Waals surface area contributed by atoms with E-state index >= 15 is 0 Å². The van der Waals surface area contributed by atoms with Gasteiger partial charge in [-0.05, 0) is 12.3 Å². The molecule has 2 nitrogen and oxygen atoms in total. The first-order chi connectivity index (χ1) is 5.36. The Morgan fingerprint density at radius 3 is 3.18 bits per heavy atom. The molecule has 11 heavy (non-hydrogen) atoms. The molecule has 0 aliphatic heterocycles. The van der Waals surface area contributed by atoms with Crippen LogP contribution in [0.25, 0.3) is 0 Å². The molecule has 0 amide bonds. The zero-order chi connectivity index (χ0) is 7.68. The molecular weight excluding hydrogens is 156 g/mol. The van der Waals surface area contributed by atoms with Crippen LogP contribution in [0.4, 0.5) is 0 Å². The van der Waals surface area contributed by atoms with Gasteiger partial charge in [0, 0.05) is 23.7 Å². The maximum atomic E-state index is 4.02. The van der Waals surface area contributed by atoms with Crippen molar-refractivity contribution in [3.63, 3.8) is 0 Å². The molecule has 0 bridgehead atoms. The van der Waals surface area contributed by atoms with Crippen molar-refractivity contribution in [2.75, 3.05) is 0 Å². The molecule has 2 rings (SSSR count). The number of hydrogen-bond acceptors (Lipinski definition) is 3. The van der Waals surface area contributed by atoms with Gasteiger partial charge < -0.3 is 5.32 Å². The van der Waals surface area contributed by atoms with E-state index in [4.69, 9.17) is 0 Å². The van der Waals surface area contributed by atoms with E-state index in [1.165, 1.54) is 11.3 Å². The highest BCUT2D eigenvalue weighted by Crippen LogP contribution is 2.29. The Hall–Kier alpha value is -0.410. The van der Waals surface area contributed by atoms with Gasteiger partial charge in [-0.15, -0.1) is 11.3 Å². The lowest BCUT2D eigenvalue weighted by Crippen LogP contribution is -2.16. The highest BCUT2D eigenvalue weighted by Gasteiger charge is 2.31. The lowest BCUT2D eigenvalue weighted by atomic mass is 10.4. The summed E-state index contributed by atoms with van der Waals surface area (Å²) in [4.78, 5) is 5.36. The van der Waals surface area contributed by atoms with Crippen molar-refractivity contribution in [2.45, 2.75) is 25.9 Å². The Balaban J connectivity index is 1.75. The molecule has 1 fully saturated rings. The summed E-state index contributed by atoms with van der Waals surface area (Å²) in [6.07, 6.45) is 3.28. The van der Waals surface area contributed by atoms with Crippen LogP contribution in [0.15, 0.2) is 11.7 Å². The average Bonchev–Trinajstić information content (AvgIpc) is 2.55. The number of rotatable bonds is 3. The average molecular weight is 168 g/mol. The third-order valence-corrected chi connectivity index (χ3v) is 2.91. The summed E-state index contributed by atoms with van der Waals surface area (Å²) in [5, 5.41) is 3.48. The topological polar surface area (TPSA) is 24.9 Å². The summed E-state index contributed by atoms with van der Waals surface area (Å²) >= 11 is 1.72. The van der Waals surface area contributed by atoms with Gasteiger partial charge in [-0.1, -0.05) is 6.92 Å². The lowest BCUT2D eigenvalue weighted by molar-refractivity contribution is 0.658. The fraction of sp³-hybridized carbons (Fsp3) is 0.625. The standard InChI is InChI=1S/C8H12N2S/c1-6-2-8(6)10-4-7-3-9-5-11-7/h3,5-6,8,10H,2,4H2,1H3. The molecule has 3 heteroatoms. The molecule has 1 saturated carbocycles. The van der Waals surface area contributed by atoms with Gasteiger partial charge in [0.2, 0.25) is 0 Å². The SMILES string of the molecule is CC1CC1NCc1cncs1. The summed E-state index contributed by atoms with van der Waals surface area (Å²) in [5.74, 6) is 0.892. The number of nitrogens with zero attached hydrogens (tertiary/aromatic N) is 1. The first kappa shape index (κ1) is 7.25. The maximum absolute atomic E-state index is 4.02. The highest BCUT2D eigenvalue weighted by molar-refractivity contribution is 7.09. The molecule has 1 N–H and O–H groups in total. The highest BCUT2D eigenvalue weighted by atomic mass is 32.1. The first-order valence-electron chi connectivity index (χ1n) is 3.97. The smallest absolute Gasteiger partial charge is 0.0794 e. The molecule has 1 heterocycles. The van der Waals surface area contributed by atoms with Gasteiger partial charge in [0.25, 0.3) is 0 Å². The molecule has 0 radical (unpaired) electrons. The quantitative estimate of drug-likeness (QED) is 0.742. The molecule has 1 aliphatic carbocycles. The van der Waals surface area contributed by atoms with E-state index in [0.29, 0.717) is 0 Å². The third-order valence-electron chi connectivity index (χ3n) is 2.13. The van der Waals surface area contributed by atoms with Crippen LogP contribution in [0.2, 0.25) is 0 Å². The second-order valence-electron chi connectivity index (χ2n) is 3.17. The molecule has 0 aromatic carbocycles. The van der Waals surface area contributed by atoms with Crippen LogP contribution in [0.5, 0.6) is 0 Å². The monoisotopic (exact) mass is 168 g/mol. The Morgan fingerprint density at radius 1 is 1.82 bits per heavy atom. The van der Waals surface area contributed by atoms with Gasteiger partial charge >= 0.3 is 0 Å². The lowest BCUT2D eigenvalue weighted by Gasteiger charge is -1.97. The molecule has 1 aromatic heterocycles. The minimum atomic E-state index is 0.775. The summed E-state index contributed by atoms with van der Waals surface area (Å²) in [6, 6.07) is 0.775. The van der Waals surface area contributed by atoms with E-state index in [9.17, 15) is 0 Å². The van der Waals surface area contributed by atoms with E-state index in [1.54, 1.807) is 11.3 Å². The molecule has 0 saturated heterocycles. The van der Waals surface area contributed by atoms with E-state index in [-0.39, 0.29) is 0 Å². The van der Waals surface area contributed by atoms with Gasteiger partial charge in [-0.2, -0.15) is 0 Å². The Kier molecular flexibility index (Phi) is 1.92.